The predicted octanol–water partition coefficient (Wildman–Crippen LogP) is 5.77. The number of ether oxygens (including phenoxy) is 1. The van der Waals surface area contributed by atoms with Crippen molar-refractivity contribution in [3.8, 4) is 5.75 Å². The molecule has 0 saturated carbocycles. The molecule has 0 bridgehead atoms. The van der Waals surface area contributed by atoms with Crippen molar-refractivity contribution in [3.05, 3.63) is 52.1 Å². The van der Waals surface area contributed by atoms with Crippen LogP contribution < -0.4 is 4.74 Å². The molecule has 3 aromatic rings. The molecule has 0 saturated heterocycles. The number of nitrogens with zero attached hydrogens (tertiary/aromatic N) is 4. The zero-order chi connectivity index (χ0) is 20.1. The van der Waals surface area contributed by atoms with Gasteiger partial charge in [0.05, 0.1) is 10.7 Å². The van der Waals surface area contributed by atoms with Crippen molar-refractivity contribution >= 4 is 23.4 Å². The highest BCUT2D eigenvalue weighted by Crippen LogP contribution is 2.31. The van der Waals surface area contributed by atoms with Crippen molar-refractivity contribution in [1.82, 2.24) is 19.9 Å². The molecule has 0 N–H and O–H groups in total. The Morgan fingerprint density at radius 3 is 2.57 bits per heavy atom. The zero-order valence-electron chi connectivity index (χ0n) is 16.6. The van der Waals surface area contributed by atoms with Gasteiger partial charge in [-0.15, -0.1) is 10.2 Å². The molecule has 0 aliphatic heterocycles. The number of hydrogen-bond acceptors (Lipinski definition) is 6. The fraction of sp³-hybridized carbons (Fsp3) is 0.450. The number of thioether (sulfide) groups is 1. The SMILES string of the molecule is CCC(CC)n1c(COc2ccccc2Cl)nnc1SCc1c(C)noc1C. The summed E-state index contributed by atoms with van der Waals surface area (Å²) in [6.07, 6.45) is 1.99. The minimum absolute atomic E-state index is 0.312. The monoisotopic (exact) mass is 420 g/mol. The van der Waals surface area contributed by atoms with Crippen LogP contribution in [0.15, 0.2) is 33.9 Å². The van der Waals surface area contributed by atoms with Crippen molar-refractivity contribution in [1.29, 1.82) is 0 Å². The fourth-order valence-electron chi connectivity index (χ4n) is 3.07. The van der Waals surface area contributed by atoms with Gasteiger partial charge in [-0.3, -0.25) is 0 Å². The molecule has 2 heterocycles. The molecular formula is C20H25ClN4O2S. The van der Waals surface area contributed by atoms with Crippen LogP contribution >= 0.6 is 23.4 Å². The van der Waals surface area contributed by atoms with Gasteiger partial charge in [0.15, 0.2) is 11.0 Å². The van der Waals surface area contributed by atoms with Gasteiger partial charge in [0, 0.05) is 17.4 Å². The minimum atomic E-state index is 0.312. The van der Waals surface area contributed by atoms with E-state index in [1.165, 1.54) is 0 Å². The Hall–Kier alpha value is -1.99. The lowest BCUT2D eigenvalue weighted by molar-refractivity contribution is 0.278. The van der Waals surface area contributed by atoms with E-state index in [-0.39, 0.29) is 0 Å². The molecular weight excluding hydrogens is 396 g/mol. The first-order valence-corrected chi connectivity index (χ1v) is 10.8. The quantitative estimate of drug-likeness (QED) is 0.409. The van der Waals surface area contributed by atoms with Gasteiger partial charge in [0.2, 0.25) is 0 Å². The maximum Gasteiger partial charge on any atom is 0.191 e. The van der Waals surface area contributed by atoms with Crippen molar-refractivity contribution in [2.24, 2.45) is 0 Å². The van der Waals surface area contributed by atoms with E-state index >= 15 is 0 Å². The Labute approximate surface area is 174 Å². The lowest BCUT2D eigenvalue weighted by Crippen LogP contribution is -2.14. The smallest absolute Gasteiger partial charge is 0.191 e. The van der Waals surface area contributed by atoms with Crippen LogP contribution in [-0.2, 0) is 12.4 Å². The summed E-state index contributed by atoms with van der Waals surface area (Å²) in [5.41, 5.74) is 2.03. The molecule has 0 radical (unpaired) electrons. The Bertz CT molecular complexity index is 901. The van der Waals surface area contributed by atoms with E-state index in [2.05, 4.69) is 33.8 Å². The fourth-order valence-corrected chi connectivity index (χ4v) is 4.44. The Balaban J connectivity index is 1.81. The molecule has 150 valence electrons. The number of aromatic nitrogens is 4. The lowest BCUT2D eigenvalue weighted by atomic mass is 10.2. The number of para-hydroxylation sites is 1. The van der Waals surface area contributed by atoms with Crippen molar-refractivity contribution in [2.45, 2.75) is 64.1 Å². The first-order chi connectivity index (χ1) is 13.5. The molecule has 28 heavy (non-hydrogen) atoms. The van der Waals surface area contributed by atoms with Gasteiger partial charge < -0.3 is 13.8 Å². The average molecular weight is 421 g/mol. The van der Waals surface area contributed by atoms with Crippen molar-refractivity contribution < 1.29 is 9.26 Å². The van der Waals surface area contributed by atoms with Crippen LogP contribution in [0, 0.1) is 13.8 Å². The summed E-state index contributed by atoms with van der Waals surface area (Å²) in [7, 11) is 0. The number of benzene rings is 1. The third-order valence-corrected chi connectivity index (χ3v) is 6.04. The highest BCUT2D eigenvalue weighted by Gasteiger charge is 2.20. The van der Waals surface area contributed by atoms with Gasteiger partial charge in [0.1, 0.15) is 18.1 Å². The summed E-state index contributed by atoms with van der Waals surface area (Å²) in [5, 5.41) is 14.3. The van der Waals surface area contributed by atoms with E-state index in [9.17, 15) is 0 Å². The van der Waals surface area contributed by atoms with Crippen molar-refractivity contribution in [2.75, 3.05) is 0 Å². The molecule has 8 heteroatoms. The summed E-state index contributed by atoms with van der Waals surface area (Å²) in [6, 6.07) is 7.76. The van der Waals surface area contributed by atoms with E-state index in [0.29, 0.717) is 23.4 Å². The largest absolute Gasteiger partial charge is 0.484 e. The predicted molar refractivity (Wildman–Crippen MR) is 111 cm³/mol. The van der Waals surface area contributed by atoms with Crippen LogP contribution in [-0.4, -0.2) is 19.9 Å². The van der Waals surface area contributed by atoms with Gasteiger partial charge in [0.25, 0.3) is 0 Å². The van der Waals surface area contributed by atoms with E-state index in [4.69, 9.17) is 20.9 Å². The summed E-state index contributed by atoms with van der Waals surface area (Å²) >= 11 is 7.85. The van der Waals surface area contributed by atoms with E-state index in [1.54, 1.807) is 11.8 Å². The van der Waals surface area contributed by atoms with E-state index < -0.39 is 0 Å². The van der Waals surface area contributed by atoms with Gasteiger partial charge in [-0.05, 0) is 38.8 Å². The maximum absolute atomic E-state index is 6.20. The van der Waals surface area contributed by atoms with Gasteiger partial charge in [-0.25, -0.2) is 0 Å². The highest BCUT2D eigenvalue weighted by molar-refractivity contribution is 7.98. The zero-order valence-corrected chi connectivity index (χ0v) is 18.2. The molecule has 2 aromatic heterocycles. The minimum Gasteiger partial charge on any atom is -0.484 e. The second-order valence-electron chi connectivity index (χ2n) is 6.55. The molecule has 0 aliphatic carbocycles. The number of hydrogen-bond donors (Lipinski definition) is 0. The molecule has 0 amide bonds. The Morgan fingerprint density at radius 1 is 1.18 bits per heavy atom. The van der Waals surface area contributed by atoms with E-state index in [0.717, 1.165) is 46.6 Å². The third-order valence-electron chi connectivity index (χ3n) is 4.76. The van der Waals surface area contributed by atoms with Crippen LogP contribution in [0.25, 0.3) is 0 Å². The van der Waals surface area contributed by atoms with Crippen LogP contribution in [0.2, 0.25) is 5.02 Å². The lowest BCUT2D eigenvalue weighted by Gasteiger charge is -2.19. The second kappa shape index (κ2) is 9.47. The van der Waals surface area contributed by atoms with Crippen LogP contribution in [0.3, 0.4) is 0 Å². The first-order valence-electron chi connectivity index (χ1n) is 9.40. The molecule has 1 aromatic carbocycles. The summed E-state index contributed by atoms with van der Waals surface area (Å²) < 4.78 is 13.4. The Morgan fingerprint density at radius 2 is 1.93 bits per heavy atom. The molecule has 0 spiro atoms. The maximum atomic E-state index is 6.20. The molecule has 6 nitrogen and oxygen atoms in total. The van der Waals surface area contributed by atoms with Crippen LogP contribution in [0.4, 0.5) is 0 Å². The number of aryl methyl sites for hydroxylation is 2. The number of halogens is 1. The van der Waals surface area contributed by atoms with Crippen LogP contribution in [0.5, 0.6) is 5.75 Å². The topological polar surface area (TPSA) is 66.0 Å². The normalized spacial score (nSPS) is 11.4. The highest BCUT2D eigenvalue weighted by atomic mass is 35.5. The van der Waals surface area contributed by atoms with Gasteiger partial charge in [-0.2, -0.15) is 0 Å². The van der Waals surface area contributed by atoms with Gasteiger partial charge >= 0.3 is 0 Å². The van der Waals surface area contributed by atoms with Crippen molar-refractivity contribution in [3.63, 3.8) is 0 Å². The molecule has 3 rings (SSSR count). The molecule has 0 fully saturated rings. The Kier molecular flexibility index (Phi) is 7.02. The molecule has 0 atom stereocenters. The molecule has 0 aliphatic rings. The summed E-state index contributed by atoms with van der Waals surface area (Å²) in [5.74, 6) is 3.04. The number of rotatable bonds is 9. The van der Waals surface area contributed by atoms with Crippen LogP contribution in [0.1, 0.15) is 55.6 Å². The van der Waals surface area contributed by atoms with Gasteiger partial charge in [-0.1, -0.05) is 54.5 Å². The standard InChI is InChI=1S/C20H25ClN4O2S/c1-5-15(6-2)25-19(11-26-18-10-8-7-9-17(18)21)22-23-20(25)28-12-16-13(3)24-27-14(16)4/h7-10,15H,5-6,11-12H2,1-4H3. The summed E-state index contributed by atoms with van der Waals surface area (Å²) in [4.78, 5) is 0. The second-order valence-corrected chi connectivity index (χ2v) is 7.90. The first kappa shape index (κ1) is 20.7. The van der Waals surface area contributed by atoms with E-state index in [1.807, 2.05) is 38.1 Å². The summed E-state index contributed by atoms with van der Waals surface area (Å²) in [6.45, 7) is 8.57. The average Bonchev–Trinajstić information content (AvgIpc) is 3.24. The molecule has 0 unspecified atom stereocenters. The third kappa shape index (κ3) is 4.52.